The maximum Gasteiger partial charge on any atom is 0.137 e. The Balaban J connectivity index is 1.77. The molecule has 3 nitrogen and oxygen atoms in total. The topological polar surface area (TPSA) is 26.5 Å². The standard InChI is InChI=1S/C30H36N2O/c1-20-12-13-21(2)24(16-20)30(6,7)18-23-17-22(14-15-26(23)33-8)25-19-32-27(29(3,4)5)10-9-11-28(32)31-25/h9-17,19H,18H2,1-8H3. The fraction of sp³-hybridized carbons (Fsp3) is 0.367. The molecule has 0 bridgehead atoms. The normalized spacial score (nSPS) is 12.4. The van der Waals surface area contributed by atoms with Crippen LogP contribution in [0.4, 0.5) is 0 Å². The highest BCUT2D eigenvalue weighted by molar-refractivity contribution is 5.65. The third-order valence-electron chi connectivity index (χ3n) is 6.59. The van der Waals surface area contributed by atoms with Gasteiger partial charge in [0, 0.05) is 22.9 Å². The van der Waals surface area contributed by atoms with Crippen LogP contribution in [0.5, 0.6) is 5.75 Å². The lowest BCUT2D eigenvalue weighted by Gasteiger charge is -2.28. The van der Waals surface area contributed by atoms with E-state index in [9.17, 15) is 0 Å². The number of aryl methyl sites for hydroxylation is 2. The average molecular weight is 441 g/mol. The van der Waals surface area contributed by atoms with Crippen molar-refractivity contribution in [2.24, 2.45) is 0 Å². The summed E-state index contributed by atoms with van der Waals surface area (Å²) < 4.78 is 7.99. The predicted octanol–water partition coefficient (Wildman–Crippen LogP) is 7.44. The maximum atomic E-state index is 5.77. The van der Waals surface area contributed by atoms with Gasteiger partial charge >= 0.3 is 0 Å². The molecule has 0 radical (unpaired) electrons. The van der Waals surface area contributed by atoms with Gasteiger partial charge in [-0.3, -0.25) is 0 Å². The van der Waals surface area contributed by atoms with E-state index in [1.54, 1.807) is 7.11 Å². The molecule has 0 aliphatic carbocycles. The van der Waals surface area contributed by atoms with Crippen LogP contribution in [0.1, 0.15) is 62.6 Å². The number of hydrogen-bond acceptors (Lipinski definition) is 2. The van der Waals surface area contributed by atoms with Crippen LogP contribution in [0, 0.1) is 13.8 Å². The van der Waals surface area contributed by atoms with Crippen molar-refractivity contribution in [3.8, 4) is 17.0 Å². The van der Waals surface area contributed by atoms with Gasteiger partial charge in [0.05, 0.1) is 12.8 Å². The van der Waals surface area contributed by atoms with E-state index in [1.807, 2.05) is 0 Å². The Hall–Kier alpha value is -3.07. The SMILES string of the molecule is COc1ccc(-c2cn3c(C(C)(C)C)cccc3n2)cc1CC(C)(C)c1cc(C)ccc1C. The largest absolute Gasteiger partial charge is 0.496 e. The summed E-state index contributed by atoms with van der Waals surface area (Å²) >= 11 is 0. The van der Waals surface area contributed by atoms with Crippen LogP contribution >= 0.6 is 0 Å². The molecule has 0 fully saturated rings. The number of nitrogens with zero attached hydrogens (tertiary/aromatic N) is 2. The molecule has 2 aromatic heterocycles. The van der Waals surface area contributed by atoms with Crippen molar-refractivity contribution in [3.05, 3.63) is 88.7 Å². The lowest BCUT2D eigenvalue weighted by atomic mass is 9.76. The number of benzene rings is 2. The van der Waals surface area contributed by atoms with E-state index in [2.05, 4.69) is 114 Å². The van der Waals surface area contributed by atoms with Crippen molar-refractivity contribution in [3.63, 3.8) is 0 Å². The maximum absolute atomic E-state index is 5.77. The van der Waals surface area contributed by atoms with Gasteiger partial charge in [-0.25, -0.2) is 4.98 Å². The first-order chi connectivity index (χ1) is 15.5. The summed E-state index contributed by atoms with van der Waals surface area (Å²) in [6.07, 6.45) is 3.05. The fourth-order valence-corrected chi connectivity index (χ4v) is 4.87. The second kappa shape index (κ2) is 8.37. The Morgan fingerprint density at radius 3 is 2.36 bits per heavy atom. The lowest BCUT2D eigenvalue weighted by molar-refractivity contribution is 0.402. The molecule has 172 valence electrons. The molecule has 3 heteroatoms. The van der Waals surface area contributed by atoms with Crippen LogP contribution < -0.4 is 4.74 Å². The first kappa shape index (κ1) is 23.1. The zero-order valence-electron chi connectivity index (χ0n) is 21.3. The van der Waals surface area contributed by atoms with Crippen LogP contribution in [0.25, 0.3) is 16.9 Å². The van der Waals surface area contributed by atoms with Gasteiger partial charge in [-0.15, -0.1) is 0 Å². The van der Waals surface area contributed by atoms with Crippen molar-refractivity contribution in [1.29, 1.82) is 0 Å². The molecule has 0 spiro atoms. The van der Waals surface area contributed by atoms with Gasteiger partial charge in [-0.05, 0) is 72.7 Å². The summed E-state index contributed by atoms with van der Waals surface area (Å²) in [5, 5.41) is 0. The lowest BCUT2D eigenvalue weighted by Crippen LogP contribution is -2.22. The molecule has 0 atom stereocenters. The van der Waals surface area contributed by atoms with E-state index in [0.717, 1.165) is 29.1 Å². The summed E-state index contributed by atoms with van der Waals surface area (Å²) in [6, 6.07) is 19.5. The minimum atomic E-state index is -0.0275. The van der Waals surface area contributed by atoms with Gasteiger partial charge in [-0.1, -0.05) is 64.4 Å². The van der Waals surface area contributed by atoms with Crippen LogP contribution in [-0.4, -0.2) is 16.5 Å². The molecule has 2 heterocycles. The molecule has 2 aromatic carbocycles. The monoisotopic (exact) mass is 440 g/mol. The average Bonchev–Trinajstić information content (AvgIpc) is 3.18. The highest BCUT2D eigenvalue weighted by Gasteiger charge is 2.25. The Morgan fingerprint density at radius 1 is 0.909 bits per heavy atom. The highest BCUT2D eigenvalue weighted by atomic mass is 16.5. The van der Waals surface area contributed by atoms with E-state index in [0.29, 0.717) is 0 Å². The first-order valence-corrected chi connectivity index (χ1v) is 11.7. The smallest absolute Gasteiger partial charge is 0.137 e. The molecule has 0 saturated carbocycles. The van der Waals surface area contributed by atoms with Gasteiger partial charge in [0.2, 0.25) is 0 Å². The Kier molecular flexibility index (Phi) is 5.86. The van der Waals surface area contributed by atoms with Crippen LogP contribution in [0.2, 0.25) is 0 Å². The van der Waals surface area contributed by atoms with E-state index in [4.69, 9.17) is 9.72 Å². The van der Waals surface area contributed by atoms with E-state index >= 15 is 0 Å². The van der Waals surface area contributed by atoms with E-state index in [1.165, 1.54) is 27.9 Å². The number of hydrogen-bond donors (Lipinski definition) is 0. The number of methoxy groups -OCH3 is 1. The van der Waals surface area contributed by atoms with Gasteiger partial charge in [0.25, 0.3) is 0 Å². The van der Waals surface area contributed by atoms with Gasteiger partial charge < -0.3 is 9.14 Å². The van der Waals surface area contributed by atoms with Crippen molar-refractivity contribution < 1.29 is 4.74 Å². The van der Waals surface area contributed by atoms with Crippen LogP contribution in [-0.2, 0) is 17.3 Å². The van der Waals surface area contributed by atoms with E-state index < -0.39 is 0 Å². The molecule has 0 amide bonds. The summed E-state index contributed by atoms with van der Waals surface area (Å²) in [5.74, 6) is 0.927. The number of ether oxygens (including phenoxy) is 1. The summed E-state index contributed by atoms with van der Waals surface area (Å²) in [7, 11) is 1.75. The molecule has 0 aliphatic heterocycles. The van der Waals surface area contributed by atoms with Crippen LogP contribution in [0.3, 0.4) is 0 Å². The molecule has 4 aromatic rings. The summed E-state index contributed by atoms with van der Waals surface area (Å²) in [4.78, 5) is 4.96. The predicted molar refractivity (Wildman–Crippen MR) is 139 cm³/mol. The third kappa shape index (κ3) is 4.55. The Morgan fingerprint density at radius 2 is 1.67 bits per heavy atom. The second-order valence-corrected chi connectivity index (χ2v) is 10.9. The molecular formula is C30H36N2O. The number of imidazole rings is 1. The van der Waals surface area contributed by atoms with Crippen molar-refractivity contribution >= 4 is 5.65 Å². The summed E-state index contributed by atoms with van der Waals surface area (Å²) in [6.45, 7) is 15.7. The Labute approximate surface area is 198 Å². The number of fused-ring (bicyclic) bond motifs is 1. The zero-order chi connectivity index (χ0) is 24.0. The molecular weight excluding hydrogens is 404 g/mol. The molecule has 0 unspecified atom stereocenters. The second-order valence-electron chi connectivity index (χ2n) is 10.9. The highest BCUT2D eigenvalue weighted by Crippen LogP contribution is 2.36. The third-order valence-corrected chi connectivity index (χ3v) is 6.59. The van der Waals surface area contributed by atoms with Crippen molar-refractivity contribution in [2.75, 3.05) is 7.11 Å². The fourth-order valence-electron chi connectivity index (χ4n) is 4.87. The zero-order valence-corrected chi connectivity index (χ0v) is 21.3. The van der Waals surface area contributed by atoms with Gasteiger partial charge in [0.15, 0.2) is 0 Å². The minimum Gasteiger partial charge on any atom is -0.496 e. The quantitative estimate of drug-likeness (QED) is 0.322. The molecule has 0 N–H and O–H groups in total. The van der Waals surface area contributed by atoms with Crippen LogP contribution in [0.15, 0.2) is 60.8 Å². The van der Waals surface area contributed by atoms with Gasteiger partial charge in [-0.2, -0.15) is 0 Å². The molecule has 33 heavy (non-hydrogen) atoms. The number of rotatable bonds is 5. The molecule has 0 saturated heterocycles. The molecule has 0 aliphatic rings. The number of aromatic nitrogens is 2. The minimum absolute atomic E-state index is 0.0275. The Bertz CT molecular complexity index is 1300. The summed E-state index contributed by atoms with van der Waals surface area (Å²) in [5.41, 5.74) is 9.56. The van der Waals surface area contributed by atoms with Crippen molar-refractivity contribution in [2.45, 2.75) is 65.7 Å². The van der Waals surface area contributed by atoms with E-state index in [-0.39, 0.29) is 10.8 Å². The number of pyridine rings is 1. The first-order valence-electron chi connectivity index (χ1n) is 11.7. The van der Waals surface area contributed by atoms with Gasteiger partial charge in [0.1, 0.15) is 11.4 Å². The molecule has 4 rings (SSSR count). The van der Waals surface area contributed by atoms with Crippen molar-refractivity contribution in [1.82, 2.24) is 9.38 Å².